The van der Waals surface area contributed by atoms with Crippen molar-refractivity contribution >= 4 is 29.3 Å². The molecule has 2 aliphatic heterocycles. The maximum atomic E-state index is 12.5. The summed E-state index contributed by atoms with van der Waals surface area (Å²) in [5.74, 6) is 0.0507. The van der Waals surface area contributed by atoms with Gasteiger partial charge in [-0.1, -0.05) is 17.7 Å². The molecule has 130 valence electrons. The highest BCUT2D eigenvalue weighted by molar-refractivity contribution is 6.34. The number of halogens is 1. The minimum absolute atomic E-state index is 0.0257. The quantitative estimate of drug-likeness (QED) is 0.718. The van der Waals surface area contributed by atoms with Crippen molar-refractivity contribution in [3.05, 3.63) is 28.3 Å². The molecule has 1 atom stereocenters. The van der Waals surface area contributed by atoms with E-state index in [0.29, 0.717) is 24.7 Å². The van der Waals surface area contributed by atoms with Gasteiger partial charge in [0.25, 0.3) is 0 Å². The van der Waals surface area contributed by atoms with Crippen LogP contribution in [0.15, 0.2) is 12.1 Å². The number of carbonyl (C=O) groups excluding carboxylic acids is 2. The predicted molar refractivity (Wildman–Crippen MR) is 93.7 cm³/mol. The SMILES string of the molecule is CC(=O)N1C[C@@H]2CN(C(=O)OC(C)(C)C)CCc3ccc(Cl)c1c32. The van der Waals surface area contributed by atoms with Crippen LogP contribution in [0.5, 0.6) is 0 Å². The number of anilines is 1. The van der Waals surface area contributed by atoms with Crippen molar-refractivity contribution in [1.82, 2.24) is 4.90 Å². The van der Waals surface area contributed by atoms with Crippen molar-refractivity contribution in [1.29, 1.82) is 0 Å². The summed E-state index contributed by atoms with van der Waals surface area (Å²) in [7, 11) is 0. The third kappa shape index (κ3) is 3.09. The summed E-state index contributed by atoms with van der Waals surface area (Å²) in [5.41, 5.74) is 2.57. The average Bonchev–Trinajstić information content (AvgIpc) is 2.74. The van der Waals surface area contributed by atoms with Gasteiger partial charge in [0.05, 0.1) is 10.7 Å². The van der Waals surface area contributed by atoms with E-state index >= 15 is 0 Å². The van der Waals surface area contributed by atoms with E-state index in [2.05, 4.69) is 0 Å². The van der Waals surface area contributed by atoms with Gasteiger partial charge < -0.3 is 14.5 Å². The Bertz CT molecular complexity index is 696. The van der Waals surface area contributed by atoms with Gasteiger partial charge in [-0.25, -0.2) is 4.79 Å². The van der Waals surface area contributed by atoms with Gasteiger partial charge in [-0.05, 0) is 44.4 Å². The summed E-state index contributed by atoms with van der Waals surface area (Å²) in [6.45, 7) is 8.85. The lowest BCUT2D eigenvalue weighted by Gasteiger charge is -2.28. The second-order valence-electron chi connectivity index (χ2n) is 7.47. The van der Waals surface area contributed by atoms with E-state index in [1.807, 2.05) is 32.9 Å². The Morgan fingerprint density at radius 3 is 2.58 bits per heavy atom. The molecular weight excluding hydrogens is 328 g/mol. The number of ether oxygens (including phenoxy) is 1. The molecule has 1 aromatic carbocycles. The minimum Gasteiger partial charge on any atom is -0.444 e. The number of rotatable bonds is 0. The molecule has 0 aromatic heterocycles. The van der Waals surface area contributed by atoms with Gasteiger partial charge in [0, 0.05) is 32.5 Å². The molecule has 0 radical (unpaired) electrons. The first-order valence-corrected chi connectivity index (χ1v) is 8.62. The molecule has 24 heavy (non-hydrogen) atoms. The summed E-state index contributed by atoms with van der Waals surface area (Å²) < 4.78 is 5.52. The highest BCUT2D eigenvalue weighted by Gasteiger charge is 2.38. The van der Waals surface area contributed by atoms with E-state index < -0.39 is 5.60 Å². The molecule has 6 heteroatoms. The third-order valence-electron chi connectivity index (χ3n) is 4.46. The standard InChI is InChI=1S/C18H23ClN2O3/c1-11(22)21-10-13-9-20(17(23)24-18(2,3)4)8-7-12-5-6-14(19)16(21)15(12)13/h5-6,13H,7-10H2,1-4H3/t13-/m0/s1. The largest absolute Gasteiger partial charge is 0.444 e. The fourth-order valence-corrected chi connectivity index (χ4v) is 3.78. The Kier molecular flexibility index (Phi) is 4.24. The lowest BCUT2D eigenvalue weighted by molar-refractivity contribution is -0.116. The topological polar surface area (TPSA) is 49.9 Å². The molecule has 0 bridgehead atoms. The fourth-order valence-electron chi connectivity index (χ4n) is 3.51. The van der Waals surface area contributed by atoms with E-state index in [9.17, 15) is 9.59 Å². The second-order valence-corrected chi connectivity index (χ2v) is 7.88. The summed E-state index contributed by atoms with van der Waals surface area (Å²) in [6, 6.07) is 3.85. The van der Waals surface area contributed by atoms with E-state index in [1.54, 1.807) is 16.7 Å². The maximum Gasteiger partial charge on any atom is 0.410 e. The summed E-state index contributed by atoms with van der Waals surface area (Å²) in [5, 5.41) is 0.595. The Balaban J connectivity index is 1.92. The molecule has 2 aliphatic rings. The normalized spacial score (nSPS) is 19.8. The molecule has 2 amide bonds. The van der Waals surface area contributed by atoms with Crippen LogP contribution in [0, 0.1) is 0 Å². The summed E-state index contributed by atoms with van der Waals surface area (Å²) in [4.78, 5) is 28.0. The van der Waals surface area contributed by atoms with Crippen molar-refractivity contribution in [2.75, 3.05) is 24.5 Å². The Labute approximate surface area is 147 Å². The highest BCUT2D eigenvalue weighted by Crippen LogP contribution is 2.45. The molecule has 5 nitrogen and oxygen atoms in total. The van der Waals surface area contributed by atoms with Crippen LogP contribution in [0.4, 0.5) is 10.5 Å². The number of hydrogen-bond donors (Lipinski definition) is 0. The fraction of sp³-hybridized carbons (Fsp3) is 0.556. The van der Waals surface area contributed by atoms with Crippen molar-refractivity contribution < 1.29 is 14.3 Å². The van der Waals surface area contributed by atoms with Gasteiger partial charge in [0.15, 0.2) is 0 Å². The van der Waals surface area contributed by atoms with Gasteiger partial charge in [0.1, 0.15) is 5.60 Å². The van der Waals surface area contributed by atoms with Gasteiger partial charge >= 0.3 is 6.09 Å². The van der Waals surface area contributed by atoms with Crippen LogP contribution in [0.2, 0.25) is 5.02 Å². The molecule has 0 saturated heterocycles. The monoisotopic (exact) mass is 350 g/mol. The number of benzene rings is 1. The lowest BCUT2D eigenvalue weighted by Crippen LogP contribution is -2.40. The molecule has 0 aliphatic carbocycles. The van der Waals surface area contributed by atoms with E-state index in [4.69, 9.17) is 16.3 Å². The minimum atomic E-state index is -0.522. The van der Waals surface area contributed by atoms with Gasteiger partial charge in [-0.15, -0.1) is 0 Å². The van der Waals surface area contributed by atoms with Crippen LogP contribution in [-0.4, -0.2) is 42.1 Å². The predicted octanol–water partition coefficient (Wildman–Crippen LogP) is 3.58. The molecule has 0 spiro atoms. The smallest absolute Gasteiger partial charge is 0.410 e. The molecule has 2 heterocycles. The number of hydrogen-bond acceptors (Lipinski definition) is 3. The molecule has 0 fully saturated rings. The average molecular weight is 351 g/mol. The molecule has 3 rings (SSSR count). The van der Waals surface area contributed by atoms with Gasteiger partial charge in [-0.3, -0.25) is 4.79 Å². The first-order valence-electron chi connectivity index (χ1n) is 8.24. The zero-order valence-electron chi connectivity index (χ0n) is 14.6. The lowest BCUT2D eigenvalue weighted by atomic mass is 9.95. The first-order chi connectivity index (χ1) is 11.2. The summed E-state index contributed by atoms with van der Waals surface area (Å²) in [6.07, 6.45) is 0.435. The number of carbonyl (C=O) groups is 2. The van der Waals surface area contributed by atoms with E-state index in [-0.39, 0.29) is 17.9 Å². The van der Waals surface area contributed by atoms with Crippen LogP contribution in [0.3, 0.4) is 0 Å². The molecular formula is C18H23ClN2O3. The number of nitrogens with zero attached hydrogens (tertiary/aromatic N) is 2. The van der Waals surface area contributed by atoms with Crippen molar-refractivity contribution in [2.45, 2.75) is 45.6 Å². The second kappa shape index (κ2) is 5.96. The Hall–Kier alpha value is -1.75. The Morgan fingerprint density at radius 1 is 1.25 bits per heavy atom. The van der Waals surface area contributed by atoms with E-state index in [0.717, 1.165) is 23.2 Å². The van der Waals surface area contributed by atoms with Crippen LogP contribution in [0.1, 0.15) is 44.7 Å². The zero-order chi connectivity index (χ0) is 17.6. The maximum absolute atomic E-state index is 12.5. The molecule has 0 N–H and O–H groups in total. The zero-order valence-corrected chi connectivity index (χ0v) is 15.3. The number of amides is 2. The van der Waals surface area contributed by atoms with Crippen molar-refractivity contribution in [3.63, 3.8) is 0 Å². The van der Waals surface area contributed by atoms with Crippen LogP contribution in [-0.2, 0) is 16.0 Å². The van der Waals surface area contributed by atoms with Gasteiger partial charge in [-0.2, -0.15) is 0 Å². The van der Waals surface area contributed by atoms with Crippen molar-refractivity contribution in [3.8, 4) is 0 Å². The molecule has 0 saturated carbocycles. The van der Waals surface area contributed by atoms with Crippen molar-refractivity contribution in [2.24, 2.45) is 0 Å². The van der Waals surface area contributed by atoms with Crippen LogP contribution >= 0.6 is 11.6 Å². The molecule has 1 aromatic rings. The highest BCUT2D eigenvalue weighted by atomic mass is 35.5. The third-order valence-corrected chi connectivity index (χ3v) is 4.77. The van der Waals surface area contributed by atoms with Crippen LogP contribution < -0.4 is 4.90 Å². The van der Waals surface area contributed by atoms with E-state index in [1.165, 1.54) is 0 Å². The van der Waals surface area contributed by atoms with Crippen LogP contribution in [0.25, 0.3) is 0 Å². The Morgan fingerprint density at radius 2 is 1.96 bits per heavy atom. The first kappa shape index (κ1) is 17.1. The summed E-state index contributed by atoms with van der Waals surface area (Å²) >= 11 is 6.37. The molecule has 0 unspecified atom stereocenters. The van der Waals surface area contributed by atoms with Gasteiger partial charge in [0.2, 0.25) is 5.91 Å².